The Morgan fingerprint density at radius 3 is 2.66 bits per heavy atom. The van der Waals surface area contributed by atoms with Crippen molar-refractivity contribution in [1.29, 1.82) is 0 Å². The van der Waals surface area contributed by atoms with Crippen LogP contribution in [-0.2, 0) is 11.2 Å². The maximum absolute atomic E-state index is 5.53. The number of aliphatic imine (C=N–C) groups is 1. The number of nitrogens with one attached hydrogen (secondary N) is 2. The summed E-state index contributed by atoms with van der Waals surface area (Å²) in [6.07, 6.45) is 0.937. The van der Waals surface area contributed by atoms with E-state index in [4.69, 9.17) is 14.5 Å². The summed E-state index contributed by atoms with van der Waals surface area (Å²) in [4.78, 5) is 8.75. The molecule has 0 amide bonds. The summed E-state index contributed by atoms with van der Waals surface area (Å²) in [6, 6.07) is 12.9. The summed E-state index contributed by atoms with van der Waals surface area (Å²) in [5.74, 6) is 1.76. The van der Waals surface area contributed by atoms with Crippen molar-refractivity contribution >= 4 is 17.3 Å². The van der Waals surface area contributed by atoms with Gasteiger partial charge in [0.2, 0.25) is 0 Å². The second-order valence-corrected chi connectivity index (χ2v) is 7.90. The van der Waals surface area contributed by atoms with Gasteiger partial charge in [0.1, 0.15) is 5.75 Å². The number of hydrogen-bond acceptors (Lipinski definition) is 5. The highest BCUT2D eigenvalue weighted by Crippen LogP contribution is 2.26. The molecular formula is C22H32N4O2S. The molecule has 1 fully saturated rings. The minimum Gasteiger partial charge on any atom is -0.497 e. The molecule has 1 unspecified atom stereocenters. The lowest BCUT2D eigenvalue weighted by atomic mass is 10.1. The van der Waals surface area contributed by atoms with Crippen molar-refractivity contribution in [2.75, 3.05) is 53.0 Å². The number of morpholine rings is 1. The maximum Gasteiger partial charge on any atom is 0.191 e. The molecule has 0 aliphatic carbocycles. The number of methoxy groups -OCH3 is 1. The maximum atomic E-state index is 5.53. The van der Waals surface area contributed by atoms with Crippen LogP contribution >= 0.6 is 11.3 Å². The molecule has 1 aliphatic rings. The van der Waals surface area contributed by atoms with Gasteiger partial charge in [-0.1, -0.05) is 18.2 Å². The molecule has 1 saturated heterocycles. The normalized spacial score (nSPS) is 16.4. The van der Waals surface area contributed by atoms with Crippen molar-refractivity contribution in [1.82, 2.24) is 15.5 Å². The Morgan fingerprint density at radius 2 is 2.00 bits per heavy atom. The van der Waals surface area contributed by atoms with Crippen molar-refractivity contribution in [3.8, 4) is 5.75 Å². The fraction of sp³-hybridized carbons (Fsp3) is 0.500. The Balaban J connectivity index is 1.58. The molecule has 0 bridgehead atoms. The van der Waals surface area contributed by atoms with Crippen LogP contribution in [0.1, 0.15) is 23.4 Å². The third-order valence-electron chi connectivity index (χ3n) is 4.99. The molecule has 2 heterocycles. The van der Waals surface area contributed by atoms with Crippen molar-refractivity contribution < 1.29 is 9.47 Å². The molecule has 1 atom stereocenters. The Hall–Kier alpha value is -2.09. The Bertz CT molecular complexity index is 728. The van der Waals surface area contributed by atoms with E-state index in [1.807, 2.05) is 12.1 Å². The van der Waals surface area contributed by atoms with E-state index in [2.05, 4.69) is 52.1 Å². The minimum atomic E-state index is 0.302. The summed E-state index contributed by atoms with van der Waals surface area (Å²) < 4.78 is 10.8. The summed E-state index contributed by atoms with van der Waals surface area (Å²) in [5.41, 5.74) is 1.28. The van der Waals surface area contributed by atoms with E-state index in [1.165, 1.54) is 10.4 Å². The van der Waals surface area contributed by atoms with E-state index in [0.717, 1.165) is 64.1 Å². The standard InChI is InChI=1S/C22H32N4O2S/c1-3-23-22(24-11-10-18-6-8-19(27-2)9-7-18)25-17-20(21-5-4-16-29-21)26-12-14-28-15-13-26/h4-9,16,20H,3,10-15,17H2,1-2H3,(H2,23,24,25). The zero-order valence-electron chi connectivity index (χ0n) is 17.4. The van der Waals surface area contributed by atoms with Crippen molar-refractivity contribution in [3.63, 3.8) is 0 Å². The summed E-state index contributed by atoms with van der Waals surface area (Å²) in [5, 5.41) is 8.98. The van der Waals surface area contributed by atoms with Gasteiger partial charge in [0.15, 0.2) is 5.96 Å². The first kappa shape index (κ1) is 21.6. The molecule has 2 N–H and O–H groups in total. The van der Waals surface area contributed by atoms with E-state index in [-0.39, 0.29) is 0 Å². The topological polar surface area (TPSA) is 58.1 Å². The summed E-state index contributed by atoms with van der Waals surface area (Å²) >= 11 is 1.81. The number of rotatable bonds is 9. The second-order valence-electron chi connectivity index (χ2n) is 6.92. The van der Waals surface area contributed by atoms with Gasteiger partial charge in [-0.3, -0.25) is 9.89 Å². The fourth-order valence-corrected chi connectivity index (χ4v) is 4.24. The number of thiophene rings is 1. The van der Waals surface area contributed by atoms with Crippen LogP contribution in [0.15, 0.2) is 46.8 Å². The molecule has 1 aromatic carbocycles. The summed E-state index contributed by atoms with van der Waals surface area (Å²) in [6.45, 7) is 8.02. The predicted octanol–water partition coefficient (Wildman–Crippen LogP) is 2.93. The van der Waals surface area contributed by atoms with E-state index in [0.29, 0.717) is 6.04 Å². The highest BCUT2D eigenvalue weighted by molar-refractivity contribution is 7.10. The molecule has 0 saturated carbocycles. The Morgan fingerprint density at radius 1 is 1.21 bits per heavy atom. The average molecular weight is 417 g/mol. The first-order valence-electron chi connectivity index (χ1n) is 10.3. The SMILES string of the molecule is CCNC(=NCC(c1cccs1)N1CCOCC1)NCCc1ccc(OC)cc1. The number of nitrogens with zero attached hydrogens (tertiary/aromatic N) is 2. The van der Waals surface area contributed by atoms with Crippen LogP contribution in [0.2, 0.25) is 0 Å². The summed E-state index contributed by atoms with van der Waals surface area (Å²) in [7, 11) is 1.69. The van der Waals surface area contributed by atoms with Gasteiger partial charge in [0, 0.05) is 31.1 Å². The first-order chi connectivity index (χ1) is 14.3. The zero-order chi connectivity index (χ0) is 20.3. The highest BCUT2D eigenvalue weighted by atomic mass is 32.1. The molecule has 29 heavy (non-hydrogen) atoms. The first-order valence-corrected chi connectivity index (χ1v) is 11.2. The number of hydrogen-bond donors (Lipinski definition) is 2. The van der Waals surface area contributed by atoms with E-state index >= 15 is 0 Å². The van der Waals surface area contributed by atoms with Gasteiger partial charge in [-0.15, -0.1) is 11.3 Å². The molecular weight excluding hydrogens is 384 g/mol. The van der Waals surface area contributed by atoms with Crippen LogP contribution in [-0.4, -0.2) is 63.9 Å². The third-order valence-corrected chi connectivity index (χ3v) is 5.96. The highest BCUT2D eigenvalue weighted by Gasteiger charge is 2.23. The van der Waals surface area contributed by atoms with Crippen LogP contribution in [0.25, 0.3) is 0 Å². The number of ether oxygens (including phenoxy) is 2. The molecule has 2 aromatic rings. The molecule has 3 rings (SSSR count). The van der Waals surface area contributed by atoms with E-state index < -0.39 is 0 Å². The predicted molar refractivity (Wildman–Crippen MR) is 120 cm³/mol. The smallest absolute Gasteiger partial charge is 0.191 e. The molecule has 0 spiro atoms. The zero-order valence-corrected chi connectivity index (χ0v) is 18.2. The van der Waals surface area contributed by atoms with Crippen LogP contribution in [0, 0.1) is 0 Å². The van der Waals surface area contributed by atoms with Gasteiger partial charge < -0.3 is 20.1 Å². The molecule has 6 nitrogen and oxygen atoms in total. The van der Waals surface area contributed by atoms with Crippen LogP contribution in [0.3, 0.4) is 0 Å². The molecule has 1 aliphatic heterocycles. The van der Waals surface area contributed by atoms with Gasteiger partial charge in [-0.2, -0.15) is 0 Å². The molecule has 1 aromatic heterocycles. The minimum absolute atomic E-state index is 0.302. The number of guanidine groups is 1. The van der Waals surface area contributed by atoms with Crippen molar-refractivity contribution in [3.05, 3.63) is 52.2 Å². The average Bonchev–Trinajstić information content (AvgIpc) is 3.30. The second kappa shape index (κ2) is 11.8. The Kier molecular flexibility index (Phi) is 8.80. The lowest BCUT2D eigenvalue weighted by Gasteiger charge is -2.33. The fourth-order valence-electron chi connectivity index (χ4n) is 3.39. The largest absolute Gasteiger partial charge is 0.497 e. The van der Waals surface area contributed by atoms with E-state index in [1.54, 1.807) is 18.4 Å². The van der Waals surface area contributed by atoms with Crippen LogP contribution < -0.4 is 15.4 Å². The van der Waals surface area contributed by atoms with Crippen LogP contribution in [0.4, 0.5) is 0 Å². The van der Waals surface area contributed by atoms with Crippen molar-refractivity contribution in [2.24, 2.45) is 4.99 Å². The van der Waals surface area contributed by atoms with E-state index in [9.17, 15) is 0 Å². The molecule has 0 radical (unpaired) electrons. The van der Waals surface area contributed by atoms with Crippen LogP contribution in [0.5, 0.6) is 5.75 Å². The molecule has 158 valence electrons. The monoisotopic (exact) mass is 416 g/mol. The van der Waals surface area contributed by atoms with Crippen molar-refractivity contribution in [2.45, 2.75) is 19.4 Å². The number of benzene rings is 1. The lowest BCUT2D eigenvalue weighted by Crippen LogP contribution is -2.42. The van der Waals surface area contributed by atoms with Gasteiger partial charge in [0.05, 0.1) is 32.9 Å². The Labute approximate surface area is 177 Å². The lowest BCUT2D eigenvalue weighted by molar-refractivity contribution is 0.0186. The molecule has 7 heteroatoms. The third kappa shape index (κ3) is 6.73. The van der Waals surface area contributed by atoms with Gasteiger partial charge in [0.25, 0.3) is 0 Å². The van der Waals surface area contributed by atoms with Gasteiger partial charge >= 0.3 is 0 Å². The van der Waals surface area contributed by atoms with Gasteiger partial charge in [-0.05, 0) is 42.5 Å². The van der Waals surface area contributed by atoms with Gasteiger partial charge in [-0.25, -0.2) is 0 Å². The quantitative estimate of drug-likeness (QED) is 0.486.